The van der Waals surface area contributed by atoms with E-state index >= 15 is 0 Å². The van der Waals surface area contributed by atoms with Crippen molar-refractivity contribution < 1.29 is 14.0 Å². The molecule has 0 amide bonds. The molecule has 4 heterocycles. The second-order valence-electron chi connectivity index (χ2n) is 11.0. The summed E-state index contributed by atoms with van der Waals surface area (Å²) in [6, 6.07) is 10.9. The number of hydrogen-bond acceptors (Lipinski definition) is 5. The van der Waals surface area contributed by atoms with E-state index in [0.717, 1.165) is 63.4 Å². The Labute approximate surface area is 218 Å². The molecule has 0 unspecified atom stereocenters. The maximum atomic E-state index is 13.3. The number of nitrogens with zero attached hydrogens (tertiary/aromatic N) is 5. The Balaban J connectivity index is 1.41. The number of imidazole rings is 1. The zero-order chi connectivity index (χ0) is 26.2. The lowest BCUT2D eigenvalue weighted by atomic mass is 10.0. The Kier molecular flexibility index (Phi) is 7.05. The van der Waals surface area contributed by atoms with Gasteiger partial charge in [0.1, 0.15) is 0 Å². The lowest BCUT2D eigenvalue weighted by Crippen LogP contribution is -2.46. The van der Waals surface area contributed by atoms with Gasteiger partial charge in [0.2, 0.25) is 5.88 Å². The number of quaternary nitrogens is 1. The summed E-state index contributed by atoms with van der Waals surface area (Å²) in [5, 5.41) is 0.977. The number of rotatable bonds is 8. The molecule has 37 heavy (non-hydrogen) atoms. The van der Waals surface area contributed by atoms with Crippen molar-refractivity contribution >= 4 is 21.9 Å². The minimum atomic E-state index is 0.000327. The zero-order valence-corrected chi connectivity index (χ0v) is 22.6. The van der Waals surface area contributed by atoms with Crippen LogP contribution in [0.2, 0.25) is 0 Å². The second kappa shape index (κ2) is 10.3. The fourth-order valence-corrected chi connectivity index (χ4v) is 5.03. The number of aromatic nitrogens is 4. The number of ether oxygens (including phenoxy) is 2. The van der Waals surface area contributed by atoms with Crippen molar-refractivity contribution in [1.82, 2.24) is 19.1 Å². The van der Waals surface area contributed by atoms with Crippen LogP contribution in [0.5, 0.6) is 5.88 Å². The molecule has 0 spiro atoms. The predicted octanol–water partition coefficient (Wildman–Crippen LogP) is 4.56. The molecule has 1 aliphatic rings. The van der Waals surface area contributed by atoms with Gasteiger partial charge in [-0.15, -0.1) is 0 Å². The number of pyridine rings is 2. The summed E-state index contributed by atoms with van der Waals surface area (Å²) in [7, 11) is 6.33. The van der Waals surface area contributed by atoms with Crippen LogP contribution in [0.3, 0.4) is 0 Å². The van der Waals surface area contributed by atoms with Crippen LogP contribution in [0.25, 0.3) is 33.1 Å². The van der Waals surface area contributed by atoms with Gasteiger partial charge in [0.15, 0.2) is 0 Å². The van der Waals surface area contributed by atoms with Crippen LogP contribution in [0.4, 0.5) is 0 Å². The Morgan fingerprint density at radius 3 is 2.54 bits per heavy atom. The largest absolute Gasteiger partial charge is 0.477 e. The highest BCUT2D eigenvalue weighted by molar-refractivity contribution is 6.04. The zero-order valence-electron chi connectivity index (χ0n) is 22.6. The van der Waals surface area contributed by atoms with Gasteiger partial charge in [0, 0.05) is 55.9 Å². The van der Waals surface area contributed by atoms with Gasteiger partial charge in [0.25, 0.3) is 0 Å². The molecule has 0 atom stereocenters. The van der Waals surface area contributed by atoms with Crippen LogP contribution in [0.1, 0.15) is 39.2 Å². The van der Waals surface area contributed by atoms with Gasteiger partial charge in [0.05, 0.1) is 56.0 Å². The topological polar surface area (TPSA) is 71.2 Å². The van der Waals surface area contributed by atoms with Crippen LogP contribution < -0.4 is 10.4 Å². The Bertz CT molecular complexity index is 1450. The van der Waals surface area contributed by atoms with E-state index in [-0.39, 0.29) is 11.7 Å². The number of hydrogen-bond donors (Lipinski definition) is 0. The summed E-state index contributed by atoms with van der Waals surface area (Å²) in [5.74, 6) is 0.639. The van der Waals surface area contributed by atoms with Crippen molar-refractivity contribution in [2.75, 3.05) is 40.5 Å². The van der Waals surface area contributed by atoms with Crippen LogP contribution in [0.15, 0.2) is 47.5 Å². The summed E-state index contributed by atoms with van der Waals surface area (Å²) >= 11 is 0. The van der Waals surface area contributed by atoms with E-state index in [9.17, 15) is 4.79 Å². The third-order valence-electron chi connectivity index (χ3n) is 8.07. The Hall–Kier alpha value is -3.23. The van der Waals surface area contributed by atoms with Gasteiger partial charge in [-0.1, -0.05) is 6.07 Å². The van der Waals surface area contributed by atoms with E-state index < -0.39 is 0 Å². The maximum Gasteiger partial charge on any atom is 0.329 e. The van der Waals surface area contributed by atoms with Crippen molar-refractivity contribution in [3.8, 4) is 17.0 Å². The minimum Gasteiger partial charge on any atom is -0.477 e. The molecule has 196 valence electrons. The number of fused-ring (bicyclic) bond motifs is 3. The highest BCUT2D eigenvalue weighted by Crippen LogP contribution is 2.32. The first-order valence-electron chi connectivity index (χ1n) is 13.3. The quantitative estimate of drug-likeness (QED) is 0.260. The summed E-state index contributed by atoms with van der Waals surface area (Å²) in [5.41, 5.74) is 4.70. The second-order valence-corrected chi connectivity index (χ2v) is 11.0. The first-order valence-corrected chi connectivity index (χ1v) is 13.3. The van der Waals surface area contributed by atoms with Gasteiger partial charge in [-0.2, -0.15) is 0 Å². The average molecular weight is 505 g/mol. The number of benzene rings is 1. The van der Waals surface area contributed by atoms with Crippen molar-refractivity contribution in [1.29, 1.82) is 0 Å². The van der Waals surface area contributed by atoms with Gasteiger partial charge in [-0.25, -0.2) is 9.78 Å². The van der Waals surface area contributed by atoms with Crippen molar-refractivity contribution in [2.24, 2.45) is 7.05 Å². The molecule has 0 bridgehead atoms. The highest BCUT2D eigenvalue weighted by Gasteiger charge is 2.24. The maximum absolute atomic E-state index is 13.3. The monoisotopic (exact) mass is 504 g/mol. The van der Waals surface area contributed by atoms with Crippen molar-refractivity contribution in [2.45, 2.75) is 45.2 Å². The molecule has 3 aromatic heterocycles. The first kappa shape index (κ1) is 25.4. The summed E-state index contributed by atoms with van der Waals surface area (Å²) in [6.07, 6.45) is 6.32. The highest BCUT2D eigenvalue weighted by atomic mass is 16.5. The van der Waals surface area contributed by atoms with Crippen LogP contribution in [0, 0.1) is 0 Å². The van der Waals surface area contributed by atoms with Gasteiger partial charge in [-0.3, -0.25) is 14.1 Å². The number of aryl methyl sites for hydroxylation is 1. The van der Waals surface area contributed by atoms with Crippen LogP contribution in [-0.2, 0) is 11.8 Å². The first-order chi connectivity index (χ1) is 17.8. The van der Waals surface area contributed by atoms with Crippen LogP contribution in [-0.4, -0.2) is 70.1 Å². The Morgan fingerprint density at radius 2 is 1.84 bits per heavy atom. The van der Waals surface area contributed by atoms with E-state index in [1.807, 2.05) is 42.2 Å². The predicted molar refractivity (Wildman–Crippen MR) is 147 cm³/mol. The average Bonchev–Trinajstić information content (AvgIpc) is 3.17. The van der Waals surface area contributed by atoms with E-state index in [1.165, 1.54) is 0 Å². The lowest BCUT2D eigenvalue weighted by Gasteiger charge is -2.34. The molecule has 1 aliphatic heterocycles. The third kappa shape index (κ3) is 5.00. The molecule has 0 saturated carbocycles. The molecule has 0 N–H and O–H groups in total. The molecule has 1 aromatic carbocycles. The van der Waals surface area contributed by atoms with Gasteiger partial charge in [-0.05, 0) is 50.5 Å². The standard InChI is InChI=1S/C29H38N5O3/c1-20(2)34(4,5)13-6-14-37-27-10-8-22(18-31-27)21-7-9-25-24(17-21)28-26(19-30-25)32(3)29(35)33(28)23-11-15-36-16-12-23/h7-10,17-20,23H,6,11-16H2,1-5H3/q+1. The van der Waals surface area contributed by atoms with E-state index in [2.05, 4.69) is 50.0 Å². The molecular formula is C29H38N5O3+. The molecule has 0 aliphatic carbocycles. The van der Waals surface area contributed by atoms with Gasteiger partial charge >= 0.3 is 5.69 Å². The third-order valence-corrected chi connectivity index (χ3v) is 8.07. The summed E-state index contributed by atoms with van der Waals surface area (Å²) < 4.78 is 16.1. The van der Waals surface area contributed by atoms with E-state index in [4.69, 9.17) is 9.47 Å². The molecule has 5 rings (SSSR count). The minimum absolute atomic E-state index is 0.000327. The SMILES string of the molecule is CC(C)[N+](C)(C)CCCOc1ccc(-c2ccc3ncc4c(c3c2)n(C2CCOCC2)c(=O)n4C)cn1. The molecule has 1 fully saturated rings. The molecule has 8 heteroatoms. The molecule has 1 saturated heterocycles. The van der Waals surface area contributed by atoms with Gasteiger partial charge < -0.3 is 14.0 Å². The fourth-order valence-electron chi connectivity index (χ4n) is 5.03. The van der Waals surface area contributed by atoms with E-state index in [1.54, 1.807) is 4.57 Å². The fraction of sp³-hybridized carbons (Fsp3) is 0.483. The Morgan fingerprint density at radius 1 is 1.08 bits per heavy atom. The van der Waals surface area contributed by atoms with Crippen LogP contribution >= 0.6 is 0 Å². The normalized spacial score (nSPS) is 15.2. The molecular weight excluding hydrogens is 466 g/mol. The molecule has 0 radical (unpaired) electrons. The summed E-state index contributed by atoms with van der Waals surface area (Å²) in [6.45, 7) is 7.56. The molecule has 4 aromatic rings. The molecule has 8 nitrogen and oxygen atoms in total. The lowest BCUT2D eigenvalue weighted by molar-refractivity contribution is -0.911. The van der Waals surface area contributed by atoms with Crippen molar-refractivity contribution in [3.05, 3.63) is 53.2 Å². The van der Waals surface area contributed by atoms with E-state index in [0.29, 0.717) is 31.7 Å². The van der Waals surface area contributed by atoms with Crippen molar-refractivity contribution in [3.63, 3.8) is 0 Å². The summed E-state index contributed by atoms with van der Waals surface area (Å²) in [4.78, 5) is 22.5. The smallest absolute Gasteiger partial charge is 0.329 e.